The van der Waals surface area contributed by atoms with Gasteiger partial charge in [0.15, 0.2) is 5.78 Å². The predicted molar refractivity (Wildman–Crippen MR) is 134 cm³/mol. The van der Waals surface area contributed by atoms with Crippen LogP contribution in [-0.2, 0) is 0 Å². The van der Waals surface area contributed by atoms with E-state index in [0.717, 1.165) is 52.7 Å². The molecule has 0 bridgehead atoms. The topological polar surface area (TPSA) is 64.1 Å². The van der Waals surface area contributed by atoms with Gasteiger partial charge in [-0.15, -0.1) is 0 Å². The summed E-state index contributed by atoms with van der Waals surface area (Å²) < 4.78 is 5.69. The number of anilines is 2. The van der Waals surface area contributed by atoms with Crippen molar-refractivity contribution in [2.75, 3.05) is 11.9 Å². The number of ether oxygens (including phenoxy) is 1. The first-order valence-electron chi connectivity index (χ1n) is 11.6. The highest BCUT2D eigenvalue weighted by molar-refractivity contribution is 6.09. The fourth-order valence-electron chi connectivity index (χ4n) is 3.70. The lowest BCUT2D eigenvalue weighted by Crippen LogP contribution is -2.05. The summed E-state index contributed by atoms with van der Waals surface area (Å²) in [5.74, 6) is 0.722. The molecule has 0 unspecified atom stereocenters. The maximum absolute atomic E-state index is 12.9. The van der Waals surface area contributed by atoms with Gasteiger partial charge in [0, 0.05) is 41.5 Å². The first-order chi connectivity index (χ1) is 16.2. The SMILES string of the molecule is CCCCOc1ccc(-c2ccc3ncc(C(=O)CCC)c(Nc4ccccc4)c3c2)cn1. The zero-order valence-electron chi connectivity index (χ0n) is 19.2. The van der Waals surface area contributed by atoms with Crippen LogP contribution in [0, 0.1) is 0 Å². The molecule has 0 saturated heterocycles. The van der Waals surface area contributed by atoms with Crippen molar-refractivity contribution < 1.29 is 9.53 Å². The van der Waals surface area contributed by atoms with Gasteiger partial charge in [0.2, 0.25) is 5.88 Å². The number of hydrogen-bond acceptors (Lipinski definition) is 5. The Kier molecular flexibility index (Phi) is 7.30. The van der Waals surface area contributed by atoms with Crippen molar-refractivity contribution in [3.05, 3.63) is 78.6 Å². The van der Waals surface area contributed by atoms with Gasteiger partial charge in [-0.25, -0.2) is 4.98 Å². The molecule has 4 rings (SSSR count). The summed E-state index contributed by atoms with van der Waals surface area (Å²) in [7, 11) is 0. The zero-order chi connectivity index (χ0) is 23.0. The Morgan fingerprint density at radius 1 is 0.909 bits per heavy atom. The molecule has 5 heteroatoms. The van der Waals surface area contributed by atoms with Gasteiger partial charge in [0.1, 0.15) is 0 Å². The van der Waals surface area contributed by atoms with E-state index in [1.165, 1.54) is 0 Å². The van der Waals surface area contributed by atoms with Gasteiger partial charge in [-0.2, -0.15) is 0 Å². The third-order valence-corrected chi connectivity index (χ3v) is 5.51. The molecule has 4 aromatic rings. The normalized spacial score (nSPS) is 10.8. The average Bonchev–Trinajstić information content (AvgIpc) is 2.85. The number of Topliss-reactive ketones (excluding diaryl/α,β-unsaturated/α-hetero) is 1. The van der Waals surface area contributed by atoms with E-state index in [9.17, 15) is 4.79 Å². The highest BCUT2D eigenvalue weighted by Gasteiger charge is 2.16. The van der Waals surface area contributed by atoms with E-state index in [1.54, 1.807) is 6.20 Å². The van der Waals surface area contributed by atoms with E-state index in [2.05, 4.69) is 28.3 Å². The molecule has 0 aliphatic carbocycles. The summed E-state index contributed by atoms with van der Waals surface area (Å²) in [6.07, 6.45) is 6.89. The van der Waals surface area contributed by atoms with Crippen molar-refractivity contribution in [3.8, 4) is 17.0 Å². The number of para-hydroxylation sites is 1. The Bertz CT molecular complexity index is 1220. The lowest BCUT2D eigenvalue weighted by molar-refractivity contribution is 0.0982. The van der Waals surface area contributed by atoms with Crippen LogP contribution in [0.2, 0.25) is 0 Å². The molecule has 0 fully saturated rings. The summed E-state index contributed by atoms with van der Waals surface area (Å²) in [5, 5.41) is 4.38. The van der Waals surface area contributed by atoms with Gasteiger partial charge >= 0.3 is 0 Å². The van der Waals surface area contributed by atoms with Crippen molar-refractivity contribution in [1.82, 2.24) is 9.97 Å². The summed E-state index contributed by atoms with van der Waals surface area (Å²) >= 11 is 0. The standard InChI is InChI=1S/C28H29N3O2/c1-3-5-16-33-27-15-13-21(18-30-27)20-12-14-25-23(17-20)28(31-22-10-7-6-8-11-22)24(19-29-25)26(32)9-4-2/h6-8,10-15,17-19H,3-5,9,16H2,1-2H3,(H,29,31). The maximum atomic E-state index is 12.9. The molecule has 0 atom stereocenters. The molecule has 2 aromatic carbocycles. The molecule has 168 valence electrons. The second-order valence-electron chi connectivity index (χ2n) is 8.03. The van der Waals surface area contributed by atoms with Gasteiger partial charge in [-0.05, 0) is 48.7 Å². The molecule has 5 nitrogen and oxygen atoms in total. The molecule has 0 spiro atoms. The number of rotatable bonds is 10. The van der Waals surface area contributed by atoms with E-state index in [1.807, 2.05) is 67.7 Å². The van der Waals surface area contributed by atoms with Crippen molar-refractivity contribution in [3.63, 3.8) is 0 Å². The molecule has 0 aliphatic rings. The molecule has 2 aromatic heterocycles. The summed E-state index contributed by atoms with van der Waals surface area (Å²) in [5.41, 5.74) is 5.15. The second-order valence-corrected chi connectivity index (χ2v) is 8.03. The number of nitrogens with one attached hydrogen (secondary N) is 1. The average molecular weight is 440 g/mol. The Labute approximate surface area is 194 Å². The number of carbonyl (C=O) groups excluding carboxylic acids is 1. The minimum absolute atomic E-state index is 0.0889. The fourth-order valence-corrected chi connectivity index (χ4v) is 3.70. The number of ketones is 1. The lowest BCUT2D eigenvalue weighted by atomic mass is 9.99. The lowest BCUT2D eigenvalue weighted by Gasteiger charge is -2.15. The molecule has 0 radical (unpaired) electrons. The summed E-state index contributed by atoms with van der Waals surface area (Å²) in [6, 6.07) is 19.9. The minimum atomic E-state index is 0.0889. The number of benzene rings is 2. The Morgan fingerprint density at radius 3 is 2.45 bits per heavy atom. The van der Waals surface area contributed by atoms with Crippen molar-refractivity contribution in [1.29, 1.82) is 0 Å². The largest absolute Gasteiger partial charge is 0.478 e. The summed E-state index contributed by atoms with van der Waals surface area (Å²) in [4.78, 5) is 21.9. The van der Waals surface area contributed by atoms with Crippen LogP contribution in [0.1, 0.15) is 49.9 Å². The number of unbranched alkanes of at least 4 members (excludes halogenated alkanes) is 1. The number of pyridine rings is 2. The Hall–Kier alpha value is -3.73. The quantitative estimate of drug-likeness (QED) is 0.209. The van der Waals surface area contributed by atoms with Gasteiger partial charge in [-0.3, -0.25) is 9.78 Å². The minimum Gasteiger partial charge on any atom is -0.478 e. The van der Waals surface area contributed by atoms with Crippen LogP contribution in [0.4, 0.5) is 11.4 Å². The van der Waals surface area contributed by atoms with E-state index in [-0.39, 0.29) is 5.78 Å². The third-order valence-electron chi connectivity index (χ3n) is 5.51. The number of fused-ring (bicyclic) bond motifs is 1. The van der Waals surface area contributed by atoms with Crippen molar-refractivity contribution >= 4 is 28.1 Å². The van der Waals surface area contributed by atoms with Crippen LogP contribution in [0.3, 0.4) is 0 Å². The molecular weight excluding hydrogens is 410 g/mol. The number of nitrogens with zero attached hydrogens (tertiary/aromatic N) is 2. The molecule has 0 aliphatic heterocycles. The zero-order valence-corrected chi connectivity index (χ0v) is 19.2. The van der Waals surface area contributed by atoms with Crippen LogP contribution in [-0.4, -0.2) is 22.4 Å². The first kappa shape index (κ1) is 22.5. The van der Waals surface area contributed by atoms with Crippen LogP contribution < -0.4 is 10.1 Å². The number of carbonyl (C=O) groups is 1. The monoisotopic (exact) mass is 439 g/mol. The molecule has 0 saturated carbocycles. The van der Waals surface area contributed by atoms with E-state index < -0.39 is 0 Å². The highest BCUT2D eigenvalue weighted by Crippen LogP contribution is 2.33. The van der Waals surface area contributed by atoms with Crippen LogP contribution >= 0.6 is 0 Å². The maximum Gasteiger partial charge on any atom is 0.213 e. The number of hydrogen-bond donors (Lipinski definition) is 1. The van der Waals surface area contributed by atoms with Gasteiger partial charge in [-0.1, -0.05) is 44.5 Å². The van der Waals surface area contributed by atoms with Crippen molar-refractivity contribution in [2.45, 2.75) is 39.5 Å². The van der Waals surface area contributed by atoms with Crippen LogP contribution in [0.15, 0.2) is 73.1 Å². The molecule has 33 heavy (non-hydrogen) atoms. The fraction of sp³-hybridized carbons (Fsp3) is 0.250. The summed E-state index contributed by atoms with van der Waals surface area (Å²) in [6.45, 7) is 4.82. The molecule has 2 heterocycles. The third kappa shape index (κ3) is 5.37. The Balaban J connectivity index is 1.74. The smallest absolute Gasteiger partial charge is 0.213 e. The van der Waals surface area contributed by atoms with Gasteiger partial charge in [0.25, 0.3) is 0 Å². The van der Waals surface area contributed by atoms with E-state index in [4.69, 9.17) is 4.74 Å². The van der Waals surface area contributed by atoms with Gasteiger partial charge in [0.05, 0.1) is 23.4 Å². The van der Waals surface area contributed by atoms with E-state index in [0.29, 0.717) is 24.5 Å². The molecule has 0 amide bonds. The second kappa shape index (κ2) is 10.7. The van der Waals surface area contributed by atoms with Gasteiger partial charge < -0.3 is 10.1 Å². The number of aromatic nitrogens is 2. The van der Waals surface area contributed by atoms with Crippen molar-refractivity contribution in [2.24, 2.45) is 0 Å². The van der Waals surface area contributed by atoms with Crippen LogP contribution in [0.5, 0.6) is 5.88 Å². The molecule has 1 N–H and O–H groups in total. The molecular formula is C28H29N3O2. The predicted octanol–water partition coefficient (Wildman–Crippen LogP) is 7.20. The Morgan fingerprint density at radius 2 is 1.73 bits per heavy atom. The highest BCUT2D eigenvalue weighted by atomic mass is 16.5. The first-order valence-corrected chi connectivity index (χ1v) is 11.6. The van der Waals surface area contributed by atoms with E-state index >= 15 is 0 Å². The van der Waals surface area contributed by atoms with Crippen LogP contribution in [0.25, 0.3) is 22.0 Å².